The highest BCUT2D eigenvalue weighted by atomic mass is 16.5. The number of nitrogens with zero attached hydrogens (tertiary/aromatic N) is 1. The molecule has 2 fully saturated rings. The molecule has 4 rings (SSSR count). The topological polar surface area (TPSA) is 12.5 Å². The van der Waals surface area contributed by atoms with Crippen LogP contribution in [0.2, 0.25) is 0 Å². The second-order valence-electron chi connectivity index (χ2n) is 7.94. The Balaban J connectivity index is 1.34. The van der Waals surface area contributed by atoms with Crippen molar-refractivity contribution < 1.29 is 4.74 Å². The van der Waals surface area contributed by atoms with Crippen molar-refractivity contribution in [2.24, 2.45) is 5.92 Å². The number of likely N-dealkylation sites (tertiary alicyclic amines) is 1. The predicted octanol–water partition coefficient (Wildman–Crippen LogP) is 5.55. The van der Waals surface area contributed by atoms with E-state index in [9.17, 15) is 0 Å². The number of ether oxygens (including phenoxy) is 1. The van der Waals surface area contributed by atoms with E-state index in [0.29, 0.717) is 11.8 Å². The summed E-state index contributed by atoms with van der Waals surface area (Å²) in [6.45, 7) is 6.54. The molecule has 2 aromatic carbocycles. The molecule has 1 saturated heterocycles. The number of benzene rings is 2. The summed E-state index contributed by atoms with van der Waals surface area (Å²) in [6, 6.07) is 20.2. The molecule has 1 unspecified atom stereocenters. The Morgan fingerprint density at radius 1 is 0.962 bits per heavy atom. The molecule has 1 atom stereocenters. The van der Waals surface area contributed by atoms with Gasteiger partial charge in [0.1, 0.15) is 0 Å². The van der Waals surface area contributed by atoms with Crippen molar-refractivity contribution in [3.63, 3.8) is 0 Å². The van der Waals surface area contributed by atoms with Crippen LogP contribution in [0.3, 0.4) is 0 Å². The molecule has 0 N–H and O–H groups in total. The van der Waals surface area contributed by atoms with Gasteiger partial charge in [0.25, 0.3) is 0 Å². The van der Waals surface area contributed by atoms with Crippen molar-refractivity contribution in [3.05, 3.63) is 71.3 Å². The van der Waals surface area contributed by atoms with Crippen molar-refractivity contribution >= 4 is 0 Å². The van der Waals surface area contributed by atoms with Crippen LogP contribution >= 0.6 is 0 Å². The van der Waals surface area contributed by atoms with Crippen LogP contribution in [-0.4, -0.2) is 24.6 Å². The van der Waals surface area contributed by atoms with Crippen LogP contribution in [0, 0.1) is 5.92 Å². The van der Waals surface area contributed by atoms with Gasteiger partial charge < -0.3 is 4.74 Å². The molecule has 138 valence electrons. The summed E-state index contributed by atoms with van der Waals surface area (Å²) >= 11 is 0. The molecule has 1 aliphatic carbocycles. The lowest BCUT2D eigenvalue weighted by Crippen LogP contribution is -2.29. The van der Waals surface area contributed by atoms with E-state index in [1.165, 1.54) is 55.5 Å². The molecule has 0 bridgehead atoms. The largest absolute Gasteiger partial charge is 0.374 e. The van der Waals surface area contributed by atoms with Crippen LogP contribution in [0.4, 0.5) is 0 Å². The van der Waals surface area contributed by atoms with Crippen molar-refractivity contribution in [3.8, 4) is 0 Å². The van der Waals surface area contributed by atoms with Gasteiger partial charge >= 0.3 is 0 Å². The standard InChI is InChI=1S/C24H31NO/c1-2-26-24(21-8-4-3-5-9-21)23-16-22(17-23)20-12-10-19(11-13-20)18-25-14-6-7-15-25/h3-5,8-13,22-24H,2,6-7,14-18H2,1H3. The van der Waals surface area contributed by atoms with E-state index in [1.54, 1.807) is 0 Å². The van der Waals surface area contributed by atoms with E-state index in [0.717, 1.165) is 13.2 Å². The van der Waals surface area contributed by atoms with E-state index in [4.69, 9.17) is 4.74 Å². The third kappa shape index (κ3) is 4.02. The summed E-state index contributed by atoms with van der Waals surface area (Å²) in [5.41, 5.74) is 4.30. The Labute approximate surface area is 158 Å². The predicted molar refractivity (Wildman–Crippen MR) is 107 cm³/mol. The average molecular weight is 350 g/mol. The van der Waals surface area contributed by atoms with Gasteiger partial charge in [0.2, 0.25) is 0 Å². The maximum Gasteiger partial charge on any atom is 0.0853 e. The van der Waals surface area contributed by atoms with Crippen LogP contribution in [0.15, 0.2) is 54.6 Å². The molecule has 2 aliphatic rings. The SMILES string of the molecule is CCOC(c1ccccc1)C1CC(c2ccc(CN3CCCC3)cc2)C1. The Bertz CT molecular complexity index is 669. The van der Waals surface area contributed by atoms with Gasteiger partial charge in [-0.25, -0.2) is 0 Å². The Hall–Kier alpha value is -1.64. The van der Waals surface area contributed by atoms with Crippen LogP contribution in [0.1, 0.15) is 61.3 Å². The molecule has 1 aliphatic heterocycles. The first-order chi connectivity index (χ1) is 12.8. The van der Waals surface area contributed by atoms with E-state index in [-0.39, 0.29) is 6.10 Å². The summed E-state index contributed by atoms with van der Waals surface area (Å²) in [5, 5.41) is 0. The molecule has 0 amide bonds. The van der Waals surface area contributed by atoms with Crippen LogP contribution in [0.5, 0.6) is 0 Å². The number of hydrogen-bond donors (Lipinski definition) is 0. The lowest BCUT2D eigenvalue weighted by molar-refractivity contribution is -0.0169. The maximum absolute atomic E-state index is 6.10. The van der Waals surface area contributed by atoms with Gasteiger partial charge in [-0.05, 0) is 74.2 Å². The number of rotatable bonds is 7. The maximum atomic E-state index is 6.10. The minimum atomic E-state index is 0.256. The minimum absolute atomic E-state index is 0.256. The molecule has 0 radical (unpaired) electrons. The van der Waals surface area contributed by atoms with E-state index >= 15 is 0 Å². The molecule has 1 saturated carbocycles. The molecule has 0 aromatic heterocycles. The Kier molecular flexibility index (Phi) is 5.72. The summed E-state index contributed by atoms with van der Waals surface area (Å²) in [4.78, 5) is 2.57. The first-order valence-electron chi connectivity index (χ1n) is 10.3. The summed E-state index contributed by atoms with van der Waals surface area (Å²) in [5.74, 6) is 1.35. The second-order valence-corrected chi connectivity index (χ2v) is 7.94. The van der Waals surface area contributed by atoms with Gasteiger partial charge in [-0.3, -0.25) is 4.90 Å². The normalized spacial score (nSPS) is 24.3. The van der Waals surface area contributed by atoms with Gasteiger partial charge in [0, 0.05) is 13.2 Å². The van der Waals surface area contributed by atoms with Gasteiger partial charge in [-0.15, -0.1) is 0 Å². The lowest BCUT2D eigenvalue weighted by Gasteiger charge is -2.40. The van der Waals surface area contributed by atoms with Gasteiger partial charge in [-0.1, -0.05) is 54.6 Å². The third-order valence-corrected chi connectivity index (χ3v) is 6.13. The van der Waals surface area contributed by atoms with Gasteiger partial charge in [-0.2, -0.15) is 0 Å². The Morgan fingerprint density at radius 3 is 2.31 bits per heavy atom. The number of hydrogen-bond acceptors (Lipinski definition) is 2. The highest BCUT2D eigenvalue weighted by Crippen LogP contribution is 2.48. The van der Waals surface area contributed by atoms with Crippen LogP contribution in [0.25, 0.3) is 0 Å². The molecule has 0 spiro atoms. The van der Waals surface area contributed by atoms with E-state index < -0.39 is 0 Å². The molecule has 2 nitrogen and oxygen atoms in total. The summed E-state index contributed by atoms with van der Waals surface area (Å²) in [6.07, 6.45) is 5.47. The molecular formula is C24H31NO. The van der Waals surface area contributed by atoms with E-state index in [1.807, 2.05) is 0 Å². The zero-order chi connectivity index (χ0) is 17.8. The summed E-state index contributed by atoms with van der Waals surface area (Å²) in [7, 11) is 0. The zero-order valence-electron chi connectivity index (χ0n) is 15.9. The Morgan fingerprint density at radius 2 is 1.65 bits per heavy atom. The molecule has 1 heterocycles. The van der Waals surface area contributed by atoms with Crippen LogP contribution < -0.4 is 0 Å². The highest BCUT2D eigenvalue weighted by molar-refractivity contribution is 5.28. The minimum Gasteiger partial charge on any atom is -0.374 e. The average Bonchev–Trinajstić information content (AvgIpc) is 3.15. The van der Waals surface area contributed by atoms with Crippen molar-refractivity contribution in [2.45, 2.75) is 51.2 Å². The summed E-state index contributed by atoms with van der Waals surface area (Å²) < 4.78 is 6.10. The van der Waals surface area contributed by atoms with Crippen LogP contribution in [-0.2, 0) is 11.3 Å². The second kappa shape index (κ2) is 8.37. The molecule has 2 aromatic rings. The molecule has 26 heavy (non-hydrogen) atoms. The quantitative estimate of drug-likeness (QED) is 0.649. The van der Waals surface area contributed by atoms with Gasteiger partial charge in [0.05, 0.1) is 6.10 Å². The van der Waals surface area contributed by atoms with Gasteiger partial charge in [0.15, 0.2) is 0 Å². The molecule has 2 heteroatoms. The fraction of sp³-hybridized carbons (Fsp3) is 0.500. The third-order valence-electron chi connectivity index (χ3n) is 6.13. The monoisotopic (exact) mass is 349 g/mol. The van der Waals surface area contributed by atoms with Crippen molar-refractivity contribution in [1.82, 2.24) is 4.90 Å². The van der Waals surface area contributed by atoms with Crippen molar-refractivity contribution in [2.75, 3.05) is 19.7 Å². The fourth-order valence-electron chi connectivity index (χ4n) is 4.60. The first kappa shape index (κ1) is 17.8. The fourth-order valence-corrected chi connectivity index (χ4v) is 4.60. The van der Waals surface area contributed by atoms with Crippen molar-refractivity contribution in [1.29, 1.82) is 0 Å². The first-order valence-corrected chi connectivity index (χ1v) is 10.3. The van der Waals surface area contributed by atoms with E-state index in [2.05, 4.69) is 66.4 Å². The smallest absolute Gasteiger partial charge is 0.0853 e. The molecular weight excluding hydrogens is 318 g/mol. The highest BCUT2D eigenvalue weighted by Gasteiger charge is 2.37. The zero-order valence-corrected chi connectivity index (χ0v) is 15.9. The lowest BCUT2D eigenvalue weighted by atomic mass is 9.68.